The molecule has 0 spiro atoms. The number of hydrogen-bond donors (Lipinski definition) is 3. The molecule has 2 heterocycles. The van der Waals surface area contributed by atoms with Crippen molar-refractivity contribution >= 4 is 29.0 Å². The van der Waals surface area contributed by atoms with Gasteiger partial charge in [-0.3, -0.25) is 4.79 Å². The maximum Gasteiger partial charge on any atom is 0.314 e. The number of benzene rings is 2. The number of carbonyl (C=O) groups excluding carboxylic acids is 1. The molecule has 0 aliphatic heterocycles. The van der Waals surface area contributed by atoms with E-state index in [0.717, 1.165) is 11.0 Å². The highest BCUT2D eigenvalue weighted by Gasteiger charge is 2.27. The molecule has 0 radical (unpaired) electrons. The highest BCUT2D eigenvalue weighted by atomic mass is 16.6. The minimum Gasteiger partial charge on any atom is -0.867 e. The molecule has 4 aromatic rings. The number of nitrogens with one attached hydrogen (secondary N) is 2. The first-order valence-corrected chi connectivity index (χ1v) is 9.35. The van der Waals surface area contributed by atoms with Crippen molar-refractivity contribution in [1.82, 2.24) is 20.7 Å². The predicted octanol–water partition coefficient (Wildman–Crippen LogP) is 0.329. The van der Waals surface area contributed by atoms with Gasteiger partial charge in [0, 0.05) is 5.56 Å². The molecule has 0 unspecified atom stereocenters. The number of amides is 1. The van der Waals surface area contributed by atoms with Gasteiger partial charge in [0.2, 0.25) is 11.5 Å². The van der Waals surface area contributed by atoms with Crippen molar-refractivity contribution < 1.29 is 28.6 Å². The number of hydrogen-bond acceptors (Lipinski definition) is 9. The molecule has 4 N–H and O–H groups in total. The number of carbonyl (C=O) groups is 1. The molecule has 0 bridgehead atoms. The van der Waals surface area contributed by atoms with E-state index >= 15 is 0 Å². The summed E-state index contributed by atoms with van der Waals surface area (Å²) < 4.78 is 16.5. The van der Waals surface area contributed by atoms with Gasteiger partial charge < -0.3 is 20.3 Å². The number of methoxy groups -OCH3 is 2. The summed E-state index contributed by atoms with van der Waals surface area (Å²) in [4.78, 5) is 15.8. The molecule has 2 aromatic heterocycles. The standard InChI is InChI=1S/C20H19N7O5/c1-30-14-7-11(8-15(31-2)18(14)29)9-22-24-16(28)10-27-13-6-4-3-5-12(13)23-20(27)17-19(21)26-32-25-17/h3-9H,10H2,1-2H3,(H4,21,22,23,24,25,26,28,29). The Balaban J connectivity index is 1.56. The highest BCUT2D eigenvalue weighted by molar-refractivity contribution is 5.84. The normalized spacial score (nSPS) is 11.2. The largest absolute Gasteiger partial charge is 0.867 e. The number of nitrogens with zero attached hydrogens (tertiary/aromatic N) is 4. The Morgan fingerprint density at radius 3 is 2.66 bits per heavy atom. The molecular weight excluding hydrogens is 418 g/mol. The lowest BCUT2D eigenvalue weighted by atomic mass is 10.2. The van der Waals surface area contributed by atoms with Gasteiger partial charge in [0.1, 0.15) is 11.5 Å². The SMILES string of the molecule is COc1cc(/C=N/NC(=O)C[n+]2c(-c3nonc3N)[nH]c3ccccc32)cc(OC)c1[O-]. The zero-order chi connectivity index (χ0) is 22.7. The fourth-order valence-corrected chi connectivity index (χ4v) is 3.17. The van der Waals surface area contributed by atoms with E-state index in [0.29, 0.717) is 11.4 Å². The second-order valence-corrected chi connectivity index (χ2v) is 6.62. The summed E-state index contributed by atoms with van der Waals surface area (Å²) in [5.41, 5.74) is 10.6. The number of para-hydroxylation sites is 2. The van der Waals surface area contributed by atoms with Crippen molar-refractivity contribution in [2.75, 3.05) is 20.0 Å². The lowest BCUT2D eigenvalue weighted by Gasteiger charge is -2.17. The summed E-state index contributed by atoms with van der Waals surface area (Å²) in [6, 6.07) is 10.4. The van der Waals surface area contributed by atoms with E-state index in [1.54, 1.807) is 4.57 Å². The number of fused-ring (bicyclic) bond motifs is 1. The number of hydrazone groups is 1. The average Bonchev–Trinajstić information content (AvgIpc) is 3.37. The first-order valence-electron chi connectivity index (χ1n) is 9.35. The molecule has 12 heteroatoms. The van der Waals surface area contributed by atoms with E-state index in [9.17, 15) is 9.90 Å². The average molecular weight is 437 g/mol. The van der Waals surface area contributed by atoms with Crippen LogP contribution in [0.15, 0.2) is 46.1 Å². The number of ether oxygens (including phenoxy) is 2. The van der Waals surface area contributed by atoms with Crippen molar-refractivity contribution in [3.8, 4) is 28.8 Å². The van der Waals surface area contributed by atoms with E-state index in [1.807, 2.05) is 24.3 Å². The number of nitrogens with two attached hydrogens (primary N) is 1. The maximum absolute atomic E-state index is 12.6. The van der Waals surface area contributed by atoms with Crippen LogP contribution in [0.3, 0.4) is 0 Å². The minimum absolute atomic E-state index is 0.0882. The fraction of sp³-hybridized carbons (Fsp3) is 0.150. The van der Waals surface area contributed by atoms with Crippen LogP contribution in [-0.2, 0) is 11.3 Å². The first-order chi connectivity index (χ1) is 15.5. The Morgan fingerprint density at radius 1 is 1.28 bits per heavy atom. The van der Waals surface area contributed by atoms with Gasteiger partial charge in [0.15, 0.2) is 17.6 Å². The third kappa shape index (κ3) is 3.88. The monoisotopic (exact) mass is 437 g/mol. The number of imidazole rings is 1. The molecule has 4 rings (SSSR count). The van der Waals surface area contributed by atoms with Gasteiger partial charge >= 0.3 is 5.82 Å². The number of aromatic nitrogens is 4. The Kier molecular flexibility index (Phi) is 5.57. The summed E-state index contributed by atoms with van der Waals surface area (Å²) in [6.07, 6.45) is 1.38. The molecule has 0 fully saturated rings. The van der Waals surface area contributed by atoms with Gasteiger partial charge in [0.05, 0.1) is 20.4 Å². The molecule has 12 nitrogen and oxygen atoms in total. The van der Waals surface area contributed by atoms with Gasteiger partial charge in [-0.25, -0.2) is 19.6 Å². The minimum atomic E-state index is -0.411. The van der Waals surface area contributed by atoms with Gasteiger partial charge in [-0.15, -0.1) is 0 Å². The number of aromatic amines is 1. The van der Waals surface area contributed by atoms with Crippen LogP contribution < -0.4 is 30.3 Å². The lowest BCUT2D eigenvalue weighted by Crippen LogP contribution is -2.42. The van der Waals surface area contributed by atoms with Crippen LogP contribution in [0.1, 0.15) is 5.56 Å². The van der Waals surface area contributed by atoms with Crippen molar-refractivity contribution in [3.05, 3.63) is 42.0 Å². The van der Waals surface area contributed by atoms with Crippen LogP contribution in [0.5, 0.6) is 17.2 Å². The summed E-state index contributed by atoms with van der Waals surface area (Å²) in [6.45, 7) is -0.0882. The number of anilines is 1. The second kappa shape index (κ2) is 8.63. The second-order valence-electron chi connectivity index (χ2n) is 6.62. The summed E-state index contributed by atoms with van der Waals surface area (Å²) >= 11 is 0. The van der Waals surface area contributed by atoms with Crippen LogP contribution in [0.25, 0.3) is 22.6 Å². The molecular formula is C20H19N7O5. The summed E-state index contributed by atoms with van der Waals surface area (Å²) in [5, 5.41) is 23.4. The smallest absolute Gasteiger partial charge is 0.314 e. The van der Waals surface area contributed by atoms with Gasteiger partial charge in [-0.1, -0.05) is 12.1 Å². The molecule has 0 aliphatic carbocycles. The Hall–Kier alpha value is -4.61. The number of rotatable bonds is 7. The first kappa shape index (κ1) is 20.7. The maximum atomic E-state index is 12.6. The number of nitrogen functional groups attached to an aromatic ring is 1. The van der Waals surface area contributed by atoms with Crippen molar-refractivity contribution in [1.29, 1.82) is 0 Å². The highest BCUT2D eigenvalue weighted by Crippen LogP contribution is 2.34. The topological polar surface area (TPSA) is 168 Å². The Morgan fingerprint density at radius 2 is 2.00 bits per heavy atom. The molecule has 0 aliphatic rings. The molecule has 0 saturated carbocycles. The van der Waals surface area contributed by atoms with Crippen LogP contribution in [0.4, 0.5) is 5.82 Å². The molecule has 0 saturated heterocycles. The zero-order valence-electron chi connectivity index (χ0n) is 17.2. The van der Waals surface area contributed by atoms with E-state index in [-0.39, 0.29) is 35.3 Å². The van der Waals surface area contributed by atoms with Crippen LogP contribution in [0.2, 0.25) is 0 Å². The van der Waals surface area contributed by atoms with Crippen molar-refractivity contribution in [2.45, 2.75) is 6.54 Å². The summed E-state index contributed by atoms with van der Waals surface area (Å²) in [7, 11) is 2.76. The van der Waals surface area contributed by atoms with Gasteiger partial charge in [-0.2, -0.15) is 5.10 Å². The van der Waals surface area contributed by atoms with Crippen LogP contribution >= 0.6 is 0 Å². The number of H-pyrrole nitrogens is 1. The van der Waals surface area contributed by atoms with E-state index in [1.165, 1.54) is 32.6 Å². The quantitative estimate of drug-likeness (QED) is 0.211. The molecule has 32 heavy (non-hydrogen) atoms. The van der Waals surface area contributed by atoms with Gasteiger partial charge in [-0.05, 0) is 40.3 Å². The Labute approximate surface area is 181 Å². The van der Waals surface area contributed by atoms with Gasteiger partial charge in [0.25, 0.3) is 5.91 Å². The van der Waals surface area contributed by atoms with E-state index in [2.05, 4.69) is 25.8 Å². The van der Waals surface area contributed by atoms with Crippen LogP contribution in [-0.4, -0.2) is 41.6 Å². The third-order valence-electron chi connectivity index (χ3n) is 4.64. The lowest BCUT2D eigenvalue weighted by molar-refractivity contribution is -0.647. The van der Waals surface area contributed by atoms with E-state index < -0.39 is 5.91 Å². The van der Waals surface area contributed by atoms with Crippen molar-refractivity contribution in [2.24, 2.45) is 5.10 Å². The molecule has 2 aromatic carbocycles. The van der Waals surface area contributed by atoms with E-state index in [4.69, 9.17) is 19.8 Å². The Bertz CT molecular complexity index is 1290. The predicted molar refractivity (Wildman–Crippen MR) is 111 cm³/mol. The third-order valence-corrected chi connectivity index (χ3v) is 4.64. The van der Waals surface area contributed by atoms with Crippen molar-refractivity contribution in [3.63, 3.8) is 0 Å². The summed E-state index contributed by atoms with van der Waals surface area (Å²) in [5.74, 6) is -0.0180. The van der Waals surface area contributed by atoms with Crippen LogP contribution in [0, 0.1) is 0 Å². The zero-order valence-corrected chi connectivity index (χ0v) is 17.2. The molecule has 0 atom stereocenters. The molecule has 1 amide bonds. The molecule has 164 valence electrons. The fourth-order valence-electron chi connectivity index (χ4n) is 3.17.